The Balaban J connectivity index is 2.33. The SMILES string of the molecule is CC(C)c1ccc(-c2cc(CN)n(C)n2)cc1. The Morgan fingerprint density at radius 2 is 1.88 bits per heavy atom. The number of nitrogens with two attached hydrogens (primary N) is 1. The van der Waals surface area contributed by atoms with Crippen molar-refractivity contribution in [3.63, 3.8) is 0 Å². The minimum absolute atomic E-state index is 0.521. The molecule has 90 valence electrons. The van der Waals surface area contributed by atoms with E-state index in [0.29, 0.717) is 12.5 Å². The molecule has 0 aliphatic heterocycles. The fraction of sp³-hybridized carbons (Fsp3) is 0.357. The smallest absolute Gasteiger partial charge is 0.0926 e. The summed E-state index contributed by atoms with van der Waals surface area (Å²) >= 11 is 0. The van der Waals surface area contributed by atoms with Crippen molar-refractivity contribution < 1.29 is 0 Å². The predicted molar refractivity (Wildman–Crippen MR) is 70.6 cm³/mol. The highest BCUT2D eigenvalue weighted by atomic mass is 15.3. The van der Waals surface area contributed by atoms with E-state index < -0.39 is 0 Å². The molecule has 0 saturated carbocycles. The maximum absolute atomic E-state index is 5.65. The van der Waals surface area contributed by atoms with Gasteiger partial charge in [-0.2, -0.15) is 5.10 Å². The topological polar surface area (TPSA) is 43.8 Å². The molecular weight excluding hydrogens is 210 g/mol. The molecule has 2 aromatic rings. The molecule has 0 atom stereocenters. The van der Waals surface area contributed by atoms with Crippen LogP contribution in [0, 0.1) is 0 Å². The molecule has 0 aliphatic carbocycles. The average molecular weight is 229 g/mol. The lowest BCUT2D eigenvalue weighted by atomic mass is 10.0. The fourth-order valence-electron chi connectivity index (χ4n) is 1.88. The summed E-state index contributed by atoms with van der Waals surface area (Å²) in [5.41, 5.74) is 10.2. The highest BCUT2D eigenvalue weighted by Crippen LogP contribution is 2.22. The van der Waals surface area contributed by atoms with E-state index in [1.165, 1.54) is 5.56 Å². The van der Waals surface area contributed by atoms with Crippen molar-refractivity contribution in [1.82, 2.24) is 9.78 Å². The van der Waals surface area contributed by atoms with E-state index in [0.717, 1.165) is 17.0 Å². The van der Waals surface area contributed by atoms with Gasteiger partial charge in [0, 0.05) is 19.2 Å². The van der Waals surface area contributed by atoms with Gasteiger partial charge in [-0.3, -0.25) is 4.68 Å². The minimum Gasteiger partial charge on any atom is -0.325 e. The van der Waals surface area contributed by atoms with Crippen LogP contribution in [0.2, 0.25) is 0 Å². The van der Waals surface area contributed by atoms with Crippen LogP contribution < -0.4 is 5.73 Å². The lowest BCUT2D eigenvalue weighted by Gasteiger charge is -2.05. The number of aryl methyl sites for hydroxylation is 1. The summed E-state index contributed by atoms with van der Waals surface area (Å²) in [7, 11) is 1.92. The molecule has 1 heterocycles. The van der Waals surface area contributed by atoms with Gasteiger partial charge >= 0.3 is 0 Å². The lowest BCUT2D eigenvalue weighted by molar-refractivity contribution is 0.714. The Kier molecular flexibility index (Phi) is 3.29. The first-order valence-corrected chi connectivity index (χ1v) is 5.95. The van der Waals surface area contributed by atoms with Crippen molar-refractivity contribution in [2.24, 2.45) is 12.8 Å². The van der Waals surface area contributed by atoms with E-state index in [1.807, 2.05) is 17.8 Å². The number of rotatable bonds is 3. The highest BCUT2D eigenvalue weighted by Gasteiger charge is 2.06. The van der Waals surface area contributed by atoms with E-state index >= 15 is 0 Å². The molecule has 0 spiro atoms. The quantitative estimate of drug-likeness (QED) is 0.879. The number of nitrogens with zero attached hydrogens (tertiary/aromatic N) is 2. The third-order valence-corrected chi connectivity index (χ3v) is 3.06. The second-order valence-corrected chi connectivity index (χ2v) is 4.63. The van der Waals surface area contributed by atoms with Crippen LogP contribution in [0.5, 0.6) is 0 Å². The van der Waals surface area contributed by atoms with Crippen molar-refractivity contribution in [1.29, 1.82) is 0 Å². The molecule has 0 saturated heterocycles. The first-order chi connectivity index (χ1) is 8.11. The molecule has 0 bridgehead atoms. The van der Waals surface area contributed by atoms with Crippen molar-refractivity contribution in [3.05, 3.63) is 41.6 Å². The maximum Gasteiger partial charge on any atom is 0.0926 e. The normalized spacial score (nSPS) is 11.1. The number of hydrogen-bond acceptors (Lipinski definition) is 2. The molecule has 3 heteroatoms. The van der Waals surface area contributed by atoms with Gasteiger partial charge in [-0.15, -0.1) is 0 Å². The van der Waals surface area contributed by atoms with E-state index in [9.17, 15) is 0 Å². The second-order valence-electron chi connectivity index (χ2n) is 4.63. The number of benzene rings is 1. The van der Waals surface area contributed by atoms with E-state index in [2.05, 4.69) is 43.2 Å². The number of hydrogen-bond donors (Lipinski definition) is 1. The Morgan fingerprint density at radius 3 is 2.35 bits per heavy atom. The Bertz CT molecular complexity index is 495. The molecule has 0 radical (unpaired) electrons. The van der Waals surface area contributed by atoms with Gasteiger partial charge in [0.2, 0.25) is 0 Å². The largest absolute Gasteiger partial charge is 0.325 e. The second kappa shape index (κ2) is 4.72. The molecule has 1 aromatic heterocycles. The van der Waals surface area contributed by atoms with Gasteiger partial charge in [0.05, 0.1) is 11.4 Å². The molecular formula is C14H19N3. The summed E-state index contributed by atoms with van der Waals surface area (Å²) in [5, 5.41) is 4.46. The summed E-state index contributed by atoms with van der Waals surface area (Å²) in [6.45, 7) is 4.91. The summed E-state index contributed by atoms with van der Waals surface area (Å²) in [6, 6.07) is 10.6. The minimum atomic E-state index is 0.521. The van der Waals surface area contributed by atoms with Crippen LogP contribution in [0.1, 0.15) is 31.0 Å². The van der Waals surface area contributed by atoms with Crippen LogP contribution >= 0.6 is 0 Å². The van der Waals surface area contributed by atoms with Gasteiger partial charge in [0.25, 0.3) is 0 Å². The fourth-order valence-corrected chi connectivity index (χ4v) is 1.88. The average Bonchev–Trinajstić information content (AvgIpc) is 2.70. The van der Waals surface area contributed by atoms with Crippen LogP contribution in [-0.4, -0.2) is 9.78 Å². The van der Waals surface area contributed by atoms with Crippen molar-refractivity contribution >= 4 is 0 Å². The monoisotopic (exact) mass is 229 g/mol. The van der Waals surface area contributed by atoms with Crippen LogP contribution in [0.3, 0.4) is 0 Å². The van der Waals surface area contributed by atoms with E-state index in [1.54, 1.807) is 0 Å². The van der Waals surface area contributed by atoms with Gasteiger partial charge in [-0.1, -0.05) is 38.1 Å². The van der Waals surface area contributed by atoms with Crippen LogP contribution in [0.25, 0.3) is 11.3 Å². The third kappa shape index (κ3) is 2.39. The van der Waals surface area contributed by atoms with E-state index in [4.69, 9.17) is 5.73 Å². The zero-order valence-electron chi connectivity index (χ0n) is 10.6. The zero-order valence-corrected chi connectivity index (χ0v) is 10.6. The molecule has 0 fully saturated rings. The molecule has 0 unspecified atom stereocenters. The molecule has 2 N–H and O–H groups in total. The van der Waals surface area contributed by atoms with Crippen LogP contribution in [0.15, 0.2) is 30.3 Å². The first kappa shape index (κ1) is 11.9. The molecule has 1 aromatic carbocycles. The van der Waals surface area contributed by atoms with Crippen molar-refractivity contribution in [3.8, 4) is 11.3 Å². The summed E-state index contributed by atoms with van der Waals surface area (Å²) < 4.78 is 1.84. The predicted octanol–water partition coefficient (Wildman–Crippen LogP) is 2.67. The number of aromatic nitrogens is 2. The van der Waals surface area contributed by atoms with Crippen LogP contribution in [-0.2, 0) is 13.6 Å². The van der Waals surface area contributed by atoms with Gasteiger partial charge in [-0.05, 0) is 17.5 Å². The van der Waals surface area contributed by atoms with Gasteiger partial charge < -0.3 is 5.73 Å². The maximum atomic E-state index is 5.65. The molecule has 17 heavy (non-hydrogen) atoms. The highest BCUT2D eigenvalue weighted by molar-refractivity contribution is 5.59. The Morgan fingerprint density at radius 1 is 1.24 bits per heavy atom. The van der Waals surface area contributed by atoms with Crippen LogP contribution in [0.4, 0.5) is 0 Å². The zero-order chi connectivity index (χ0) is 12.4. The standard InChI is InChI=1S/C14H19N3/c1-10(2)11-4-6-12(7-5-11)14-8-13(9-15)17(3)16-14/h4-8,10H,9,15H2,1-3H3. The first-order valence-electron chi connectivity index (χ1n) is 5.95. The molecule has 3 nitrogen and oxygen atoms in total. The summed E-state index contributed by atoms with van der Waals surface area (Å²) in [5.74, 6) is 0.562. The lowest BCUT2D eigenvalue weighted by Crippen LogP contribution is -2.03. The van der Waals surface area contributed by atoms with Crippen molar-refractivity contribution in [2.45, 2.75) is 26.3 Å². The van der Waals surface area contributed by atoms with Gasteiger partial charge in [0.15, 0.2) is 0 Å². The molecule has 0 amide bonds. The summed E-state index contributed by atoms with van der Waals surface area (Å²) in [4.78, 5) is 0. The Labute approximate surface area is 102 Å². The third-order valence-electron chi connectivity index (χ3n) is 3.06. The molecule has 0 aliphatic rings. The van der Waals surface area contributed by atoms with Gasteiger partial charge in [-0.25, -0.2) is 0 Å². The van der Waals surface area contributed by atoms with E-state index in [-0.39, 0.29) is 0 Å². The molecule has 2 rings (SSSR count). The van der Waals surface area contributed by atoms with Crippen molar-refractivity contribution in [2.75, 3.05) is 0 Å². The van der Waals surface area contributed by atoms with Gasteiger partial charge in [0.1, 0.15) is 0 Å². The summed E-state index contributed by atoms with van der Waals surface area (Å²) in [6.07, 6.45) is 0. The Hall–Kier alpha value is -1.61.